The Morgan fingerprint density at radius 3 is 2.94 bits per heavy atom. The van der Waals surface area contributed by atoms with E-state index in [0.29, 0.717) is 18.9 Å². The molecule has 0 aromatic heterocycles. The first kappa shape index (κ1) is 14.2. The van der Waals surface area contributed by atoms with Crippen LogP contribution in [0.15, 0.2) is 35.7 Å². The highest BCUT2D eigenvalue weighted by atomic mass is 19.1. The van der Waals surface area contributed by atoms with Gasteiger partial charge in [-0.05, 0) is 43.3 Å². The van der Waals surface area contributed by atoms with Crippen LogP contribution >= 0.6 is 0 Å². The van der Waals surface area contributed by atoms with Gasteiger partial charge in [-0.1, -0.05) is 32.1 Å². The Hall–Kier alpha value is -0.890. The molecule has 0 aromatic rings. The molecule has 1 atom stereocenters. The Kier molecular flexibility index (Phi) is 6.20. The van der Waals surface area contributed by atoms with E-state index < -0.39 is 0 Å². The Bertz CT molecular complexity index is 315. The number of hydrogen-bond donors (Lipinski definition) is 0. The zero-order valence-electron chi connectivity index (χ0n) is 11.0. The van der Waals surface area contributed by atoms with E-state index in [9.17, 15) is 4.39 Å². The summed E-state index contributed by atoms with van der Waals surface area (Å²) in [5.41, 5.74) is 1.84. The van der Waals surface area contributed by atoms with E-state index in [2.05, 4.69) is 13.5 Å². The second kappa shape index (κ2) is 7.44. The summed E-state index contributed by atoms with van der Waals surface area (Å²) in [7, 11) is 0. The van der Waals surface area contributed by atoms with Crippen molar-refractivity contribution >= 4 is 0 Å². The van der Waals surface area contributed by atoms with Crippen molar-refractivity contribution in [1.29, 1.82) is 0 Å². The standard InChI is InChI=1S/C15H23FO/c1-4-8-17-9-7-13(3)10-14-6-5-12(2)11-15(14)16/h6,11-12H,3-5,7-10H2,1-2H3. The van der Waals surface area contributed by atoms with Crippen molar-refractivity contribution in [2.24, 2.45) is 5.92 Å². The fourth-order valence-corrected chi connectivity index (χ4v) is 1.83. The highest BCUT2D eigenvalue weighted by Crippen LogP contribution is 2.28. The van der Waals surface area contributed by atoms with Gasteiger partial charge in [-0.2, -0.15) is 0 Å². The Morgan fingerprint density at radius 2 is 2.29 bits per heavy atom. The topological polar surface area (TPSA) is 9.23 Å². The molecule has 0 aliphatic heterocycles. The van der Waals surface area contributed by atoms with Gasteiger partial charge in [0.1, 0.15) is 5.83 Å². The second-order valence-corrected chi connectivity index (χ2v) is 4.75. The third-order valence-electron chi connectivity index (χ3n) is 2.86. The van der Waals surface area contributed by atoms with Crippen LogP contribution in [-0.4, -0.2) is 13.2 Å². The largest absolute Gasteiger partial charge is 0.381 e. The van der Waals surface area contributed by atoms with Crippen LogP contribution in [0.5, 0.6) is 0 Å². The summed E-state index contributed by atoms with van der Waals surface area (Å²) in [4.78, 5) is 0. The molecule has 96 valence electrons. The number of allylic oxidation sites excluding steroid dienone is 4. The van der Waals surface area contributed by atoms with Crippen molar-refractivity contribution in [3.8, 4) is 0 Å². The fourth-order valence-electron chi connectivity index (χ4n) is 1.83. The van der Waals surface area contributed by atoms with E-state index in [0.717, 1.165) is 37.0 Å². The molecule has 0 bridgehead atoms. The number of halogens is 1. The molecule has 0 fully saturated rings. The zero-order valence-corrected chi connectivity index (χ0v) is 11.0. The van der Waals surface area contributed by atoms with Crippen LogP contribution in [0.2, 0.25) is 0 Å². The van der Waals surface area contributed by atoms with Crippen LogP contribution < -0.4 is 0 Å². The minimum atomic E-state index is -0.0700. The Labute approximate surface area is 104 Å². The average molecular weight is 238 g/mol. The molecular weight excluding hydrogens is 215 g/mol. The normalized spacial score (nSPS) is 19.8. The molecule has 0 saturated carbocycles. The predicted molar refractivity (Wildman–Crippen MR) is 70.5 cm³/mol. The minimum Gasteiger partial charge on any atom is -0.381 e. The summed E-state index contributed by atoms with van der Waals surface area (Å²) in [5, 5.41) is 0. The van der Waals surface area contributed by atoms with Gasteiger partial charge in [0, 0.05) is 6.61 Å². The maximum absolute atomic E-state index is 13.6. The molecule has 1 nitrogen and oxygen atoms in total. The summed E-state index contributed by atoms with van der Waals surface area (Å²) in [6.07, 6.45) is 7.13. The van der Waals surface area contributed by atoms with E-state index in [4.69, 9.17) is 4.74 Å². The number of rotatable bonds is 7. The number of hydrogen-bond acceptors (Lipinski definition) is 1. The lowest BCUT2D eigenvalue weighted by molar-refractivity contribution is 0.137. The molecule has 1 unspecified atom stereocenters. The summed E-state index contributed by atoms with van der Waals surface area (Å²) in [6, 6.07) is 0. The van der Waals surface area contributed by atoms with Gasteiger partial charge in [0.25, 0.3) is 0 Å². The van der Waals surface area contributed by atoms with Crippen molar-refractivity contribution in [2.75, 3.05) is 13.2 Å². The molecule has 0 spiro atoms. The molecule has 0 heterocycles. The van der Waals surface area contributed by atoms with Crippen LogP contribution in [0.25, 0.3) is 0 Å². The van der Waals surface area contributed by atoms with Gasteiger partial charge < -0.3 is 4.74 Å². The average Bonchev–Trinajstić information content (AvgIpc) is 2.28. The maximum atomic E-state index is 13.6. The molecule has 1 rings (SSSR count). The molecule has 2 heteroatoms. The smallest absolute Gasteiger partial charge is 0.122 e. The summed E-state index contributed by atoms with van der Waals surface area (Å²) < 4.78 is 19.0. The molecule has 0 aromatic carbocycles. The maximum Gasteiger partial charge on any atom is 0.122 e. The Morgan fingerprint density at radius 1 is 1.53 bits per heavy atom. The molecule has 0 saturated heterocycles. The van der Waals surface area contributed by atoms with E-state index >= 15 is 0 Å². The molecule has 0 amide bonds. The first-order chi connectivity index (χ1) is 8.13. The fraction of sp³-hybridized carbons (Fsp3) is 0.600. The van der Waals surface area contributed by atoms with Crippen molar-refractivity contribution in [3.63, 3.8) is 0 Å². The zero-order chi connectivity index (χ0) is 12.7. The molecule has 1 aliphatic rings. The van der Waals surface area contributed by atoms with E-state index in [1.54, 1.807) is 6.08 Å². The van der Waals surface area contributed by atoms with Gasteiger partial charge in [-0.3, -0.25) is 0 Å². The second-order valence-electron chi connectivity index (χ2n) is 4.75. The van der Waals surface area contributed by atoms with Crippen LogP contribution in [0.1, 0.15) is 39.5 Å². The van der Waals surface area contributed by atoms with Crippen molar-refractivity contribution < 1.29 is 9.13 Å². The third-order valence-corrected chi connectivity index (χ3v) is 2.86. The van der Waals surface area contributed by atoms with Gasteiger partial charge in [0.2, 0.25) is 0 Å². The molecule has 0 N–H and O–H groups in total. The summed E-state index contributed by atoms with van der Waals surface area (Å²) in [6.45, 7) is 9.59. The molecule has 1 aliphatic carbocycles. The van der Waals surface area contributed by atoms with E-state index in [1.165, 1.54) is 0 Å². The van der Waals surface area contributed by atoms with Crippen LogP contribution in [-0.2, 0) is 4.74 Å². The first-order valence-corrected chi connectivity index (χ1v) is 6.44. The monoisotopic (exact) mass is 238 g/mol. The summed E-state index contributed by atoms with van der Waals surface area (Å²) in [5.74, 6) is 0.249. The quantitative estimate of drug-likeness (QED) is 0.466. The lowest BCUT2D eigenvalue weighted by Gasteiger charge is -2.15. The van der Waals surface area contributed by atoms with Crippen molar-refractivity contribution in [1.82, 2.24) is 0 Å². The lowest BCUT2D eigenvalue weighted by atomic mass is 9.93. The van der Waals surface area contributed by atoms with E-state index in [-0.39, 0.29) is 5.83 Å². The molecular formula is C15H23FO. The number of ether oxygens (including phenoxy) is 1. The van der Waals surface area contributed by atoms with Gasteiger partial charge in [0.15, 0.2) is 0 Å². The lowest BCUT2D eigenvalue weighted by Crippen LogP contribution is -2.01. The molecule has 0 radical (unpaired) electrons. The highest BCUT2D eigenvalue weighted by Gasteiger charge is 2.13. The Balaban J connectivity index is 2.29. The van der Waals surface area contributed by atoms with Crippen LogP contribution in [0.4, 0.5) is 4.39 Å². The van der Waals surface area contributed by atoms with Gasteiger partial charge in [0.05, 0.1) is 6.61 Å². The SMILES string of the molecule is C=C(CCOCCC)CC1=CCC(C)C=C1F. The molecule has 17 heavy (non-hydrogen) atoms. The first-order valence-electron chi connectivity index (χ1n) is 6.44. The minimum absolute atomic E-state index is 0.0700. The predicted octanol–water partition coefficient (Wildman–Crippen LogP) is 4.57. The van der Waals surface area contributed by atoms with E-state index in [1.807, 2.05) is 13.0 Å². The third kappa shape index (κ3) is 5.31. The van der Waals surface area contributed by atoms with Gasteiger partial charge in [-0.25, -0.2) is 4.39 Å². The van der Waals surface area contributed by atoms with Crippen LogP contribution in [0.3, 0.4) is 0 Å². The van der Waals surface area contributed by atoms with Gasteiger partial charge >= 0.3 is 0 Å². The van der Waals surface area contributed by atoms with Crippen molar-refractivity contribution in [3.05, 3.63) is 35.7 Å². The summed E-state index contributed by atoms with van der Waals surface area (Å²) >= 11 is 0. The van der Waals surface area contributed by atoms with Crippen LogP contribution in [0, 0.1) is 5.92 Å². The highest BCUT2D eigenvalue weighted by molar-refractivity contribution is 5.32. The van der Waals surface area contributed by atoms with Crippen molar-refractivity contribution in [2.45, 2.75) is 39.5 Å². The van der Waals surface area contributed by atoms with Gasteiger partial charge in [-0.15, -0.1) is 0 Å².